The molecule has 0 atom stereocenters. The average Bonchev–Trinajstić information content (AvgIpc) is 2.67. The Hall–Kier alpha value is -4.01. The maximum Gasteiger partial charge on any atom is 0.349 e. The van der Waals surface area contributed by atoms with Gasteiger partial charge in [-0.15, -0.1) is 0 Å². The van der Waals surface area contributed by atoms with Crippen molar-refractivity contribution < 1.29 is 9.66 Å². The molecule has 2 heterocycles. The molecule has 0 aromatic heterocycles. The fraction of sp³-hybridized carbons (Fsp3) is 0.105. The van der Waals surface area contributed by atoms with Crippen LogP contribution in [0.5, 0.6) is 5.75 Å². The highest BCUT2D eigenvalue weighted by molar-refractivity contribution is 5.88. The molecule has 140 valence electrons. The van der Waals surface area contributed by atoms with Gasteiger partial charge in [0.2, 0.25) is 0 Å². The van der Waals surface area contributed by atoms with Crippen LogP contribution in [0.15, 0.2) is 58.1 Å². The molecule has 0 saturated carbocycles. The van der Waals surface area contributed by atoms with Gasteiger partial charge in [-0.3, -0.25) is 24.5 Å². The van der Waals surface area contributed by atoms with E-state index >= 15 is 0 Å². The minimum Gasteiger partial charge on any atom is -0.494 e. The highest BCUT2D eigenvalue weighted by Gasteiger charge is 2.19. The average molecular weight is 378 g/mol. The van der Waals surface area contributed by atoms with Gasteiger partial charge >= 0.3 is 5.69 Å². The largest absolute Gasteiger partial charge is 0.494 e. The zero-order valence-corrected chi connectivity index (χ0v) is 14.7. The minimum atomic E-state index is -0.765. The third kappa shape index (κ3) is 2.88. The Balaban J connectivity index is 2.09. The number of nitro benzene ring substituents is 1. The van der Waals surface area contributed by atoms with E-state index in [2.05, 4.69) is 9.97 Å². The number of aromatic amines is 1. The summed E-state index contributed by atoms with van der Waals surface area (Å²) < 4.78 is 7.07. The number of hydrogen-bond donors (Lipinski definition) is 1. The number of fused-ring (bicyclic) bond motifs is 2. The molecule has 28 heavy (non-hydrogen) atoms. The number of ether oxygens (including phenoxy) is 1. The molecule has 0 saturated heterocycles. The zero-order chi connectivity index (χ0) is 19.8. The Morgan fingerprint density at radius 1 is 1.14 bits per heavy atom. The van der Waals surface area contributed by atoms with Crippen molar-refractivity contribution in [3.8, 4) is 22.8 Å². The van der Waals surface area contributed by atoms with Gasteiger partial charge in [0.15, 0.2) is 5.82 Å². The second kappa shape index (κ2) is 6.62. The van der Waals surface area contributed by atoms with Crippen LogP contribution in [-0.4, -0.2) is 26.1 Å². The van der Waals surface area contributed by atoms with Gasteiger partial charge in [0.1, 0.15) is 5.75 Å². The Labute approximate surface area is 157 Å². The van der Waals surface area contributed by atoms with E-state index in [0.717, 1.165) is 0 Å². The summed E-state index contributed by atoms with van der Waals surface area (Å²) in [6.45, 7) is 2.39. The molecule has 0 fully saturated rings. The summed E-state index contributed by atoms with van der Waals surface area (Å²) in [5.41, 5.74) is -0.122. The first-order chi connectivity index (χ1) is 13.5. The van der Waals surface area contributed by atoms with E-state index in [1.54, 1.807) is 34.9 Å². The number of pyridine rings is 1. The van der Waals surface area contributed by atoms with Crippen LogP contribution in [0, 0.1) is 10.1 Å². The van der Waals surface area contributed by atoms with Crippen molar-refractivity contribution in [3.05, 3.63) is 79.5 Å². The molecule has 4 rings (SSSR count). The van der Waals surface area contributed by atoms with Gasteiger partial charge in [0.25, 0.3) is 11.2 Å². The lowest BCUT2D eigenvalue weighted by Gasteiger charge is -2.17. The van der Waals surface area contributed by atoms with Crippen LogP contribution in [0.3, 0.4) is 0 Å². The van der Waals surface area contributed by atoms with E-state index in [4.69, 9.17) is 4.74 Å². The number of H-pyrrole nitrogens is 1. The van der Waals surface area contributed by atoms with E-state index in [0.29, 0.717) is 28.9 Å². The van der Waals surface area contributed by atoms with Crippen molar-refractivity contribution in [2.75, 3.05) is 6.61 Å². The lowest BCUT2D eigenvalue weighted by Crippen LogP contribution is -2.27. The molecule has 0 radical (unpaired) electrons. The summed E-state index contributed by atoms with van der Waals surface area (Å²) in [6, 6.07) is 12.8. The molecule has 2 aromatic rings. The van der Waals surface area contributed by atoms with E-state index in [1.165, 1.54) is 18.2 Å². The molecule has 2 aliphatic rings. The van der Waals surface area contributed by atoms with E-state index < -0.39 is 16.2 Å². The summed E-state index contributed by atoms with van der Waals surface area (Å²) in [7, 11) is 0. The predicted molar refractivity (Wildman–Crippen MR) is 102 cm³/mol. The fourth-order valence-electron chi connectivity index (χ4n) is 3.11. The Morgan fingerprint density at radius 2 is 1.89 bits per heavy atom. The molecule has 0 amide bonds. The normalized spacial score (nSPS) is 11.0. The molecule has 2 aromatic carbocycles. The smallest absolute Gasteiger partial charge is 0.349 e. The quantitative estimate of drug-likeness (QED) is 0.331. The number of benzene rings is 2. The highest BCUT2D eigenvalue weighted by atomic mass is 16.6. The van der Waals surface area contributed by atoms with Crippen LogP contribution in [0.25, 0.3) is 28.0 Å². The van der Waals surface area contributed by atoms with Gasteiger partial charge in [0.05, 0.1) is 22.6 Å². The fourth-order valence-corrected chi connectivity index (χ4v) is 3.11. The zero-order valence-electron chi connectivity index (χ0n) is 14.7. The van der Waals surface area contributed by atoms with Gasteiger partial charge < -0.3 is 4.74 Å². The maximum atomic E-state index is 12.3. The SMILES string of the molecule is CCOc1ccc(-n2c3nc(=O)[nH]c(=O)c-3cc3cc([N+](=O)[O-])ccc32)cc1. The van der Waals surface area contributed by atoms with Crippen molar-refractivity contribution in [1.82, 2.24) is 14.5 Å². The van der Waals surface area contributed by atoms with Crippen molar-refractivity contribution in [1.29, 1.82) is 0 Å². The summed E-state index contributed by atoms with van der Waals surface area (Å²) in [4.78, 5) is 40.9. The Morgan fingerprint density at radius 3 is 2.57 bits per heavy atom. The molecule has 0 bridgehead atoms. The van der Waals surface area contributed by atoms with E-state index in [1.807, 2.05) is 6.92 Å². The number of rotatable bonds is 4. The second-order valence-corrected chi connectivity index (χ2v) is 6.02. The lowest BCUT2D eigenvalue weighted by atomic mass is 10.1. The maximum absolute atomic E-state index is 12.3. The summed E-state index contributed by atoms with van der Waals surface area (Å²) in [6.07, 6.45) is 0. The second-order valence-electron chi connectivity index (χ2n) is 6.02. The molecular formula is C19H14N4O5. The van der Waals surface area contributed by atoms with Gasteiger partial charge in [-0.2, -0.15) is 4.98 Å². The monoisotopic (exact) mass is 378 g/mol. The Bertz CT molecular complexity index is 1290. The third-order valence-corrected chi connectivity index (χ3v) is 4.29. The topological polar surface area (TPSA) is 120 Å². The van der Waals surface area contributed by atoms with Crippen molar-refractivity contribution >= 4 is 16.6 Å². The molecule has 0 spiro atoms. The number of non-ortho nitro benzene ring substituents is 1. The van der Waals surface area contributed by atoms with Gasteiger partial charge in [-0.1, -0.05) is 0 Å². The number of nitrogens with zero attached hydrogens (tertiary/aromatic N) is 3. The molecule has 1 N–H and O–H groups in total. The minimum absolute atomic E-state index is 0.102. The first-order valence-electron chi connectivity index (χ1n) is 8.45. The van der Waals surface area contributed by atoms with Crippen LogP contribution >= 0.6 is 0 Å². The molecular weight excluding hydrogens is 364 g/mol. The van der Waals surface area contributed by atoms with Crippen molar-refractivity contribution in [2.45, 2.75) is 6.92 Å². The predicted octanol–water partition coefficient (Wildman–Crippen LogP) is 2.49. The third-order valence-electron chi connectivity index (χ3n) is 4.29. The van der Waals surface area contributed by atoms with Crippen LogP contribution < -0.4 is 16.0 Å². The summed E-state index contributed by atoms with van der Waals surface area (Å²) in [5.74, 6) is 0.835. The summed E-state index contributed by atoms with van der Waals surface area (Å²) in [5, 5.41) is 11.6. The van der Waals surface area contributed by atoms with Gasteiger partial charge in [-0.25, -0.2) is 4.79 Å². The van der Waals surface area contributed by atoms with Crippen LogP contribution in [0.4, 0.5) is 5.69 Å². The molecule has 0 unspecified atom stereocenters. The number of nitrogens with one attached hydrogen (secondary N) is 1. The van der Waals surface area contributed by atoms with Crippen molar-refractivity contribution in [2.24, 2.45) is 0 Å². The van der Waals surface area contributed by atoms with Crippen LogP contribution in [-0.2, 0) is 0 Å². The van der Waals surface area contributed by atoms with Crippen LogP contribution in [0.1, 0.15) is 6.92 Å². The first kappa shape index (κ1) is 17.4. The van der Waals surface area contributed by atoms with E-state index in [-0.39, 0.29) is 17.1 Å². The Kier molecular flexibility index (Phi) is 4.11. The molecule has 2 aliphatic heterocycles. The first-order valence-corrected chi connectivity index (χ1v) is 8.45. The standard InChI is InChI=1S/C19H14N4O5/c1-2-28-14-6-3-12(4-7-14)22-16-8-5-13(23(26)27)9-11(16)10-15-17(22)20-19(25)21-18(15)24/h3-10H,2H2,1H3,(H,21,24,25). The number of nitro groups is 1. The van der Waals surface area contributed by atoms with Gasteiger partial charge in [0, 0.05) is 23.2 Å². The van der Waals surface area contributed by atoms with Crippen molar-refractivity contribution in [3.63, 3.8) is 0 Å². The molecule has 9 heteroatoms. The highest BCUT2D eigenvalue weighted by Crippen LogP contribution is 2.30. The molecule has 0 aliphatic carbocycles. The van der Waals surface area contributed by atoms with Gasteiger partial charge in [-0.05, 0) is 43.3 Å². The van der Waals surface area contributed by atoms with E-state index in [9.17, 15) is 19.7 Å². The molecule has 9 nitrogen and oxygen atoms in total. The number of aromatic nitrogens is 3. The lowest BCUT2D eigenvalue weighted by molar-refractivity contribution is -0.384. The number of hydrogen-bond acceptors (Lipinski definition) is 6. The summed E-state index contributed by atoms with van der Waals surface area (Å²) >= 11 is 0. The van der Waals surface area contributed by atoms with Crippen LogP contribution in [0.2, 0.25) is 0 Å².